The lowest BCUT2D eigenvalue weighted by molar-refractivity contribution is -0.132. The number of carboxylic acids is 1. The summed E-state index contributed by atoms with van der Waals surface area (Å²) in [7, 11) is 0. The molecule has 0 aromatic heterocycles. The van der Waals surface area contributed by atoms with Crippen LogP contribution in [0.25, 0.3) is 6.08 Å². The van der Waals surface area contributed by atoms with Gasteiger partial charge in [0.2, 0.25) is 0 Å². The van der Waals surface area contributed by atoms with E-state index in [1.165, 1.54) is 12.1 Å². The molecule has 0 spiro atoms. The van der Waals surface area contributed by atoms with E-state index >= 15 is 0 Å². The van der Waals surface area contributed by atoms with Gasteiger partial charge >= 0.3 is 5.97 Å². The van der Waals surface area contributed by atoms with Gasteiger partial charge in [-0.3, -0.25) is 0 Å². The lowest BCUT2D eigenvalue weighted by Crippen LogP contribution is -1.97. The number of rotatable bonds is 2. The van der Waals surface area contributed by atoms with Gasteiger partial charge in [0.1, 0.15) is 11.6 Å². The van der Waals surface area contributed by atoms with Crippen LogP contribution in [0.15, 0.2) is 17.7 Å². The summed E-state index contributed by atoms with van der Waals surface area (Å²) in [6.07, 6.45) is 1.16. The number of hydrogen-bond acceptors (Lipinski definition) is 2. The van der Waals surface area contributed by atoms with Gasteiger partial charge in [-0.05, 0) is 23.8 Å². The van der Waals surface area contributed by atoms with E-state index in [0.29, 0.717) is 5.56 Å². The first kappa shape index (κ1) is 12.9. The summed E-state index contributed by atoms with van der Waals surface area (Å²) in [5, 5.41) is 17.8. The van der Waals surface area contributed by atoms with Crippen molar-refractivity contribution >= 4 is 46.8 Å². The highest BCUT2D eigenvalue weighted by Crippen LogP contribution is 2.31. The van der Waals surface area contributed by atoms with Crippen LogP contribution in [-0.4, -0.2) is 11.1 Å². The smallest absolute Gasteiger partial charge is 0.346 e. The molecule has 0 unspecified atom stereocenters. The number of nitrogens with zero attached hydrogens (tertiary/aromatic N) is 1. The zero-order valence-corrected chi connectivity index (χ0v) is 9.94. The monoisotopic (exact) mass is 275 g/mol. The van der Waals surface area contributed by atoms with Crippen LogP contribution in [0.2, 0.25) is 15.1 Å². The fraction of sp³-hybridized carbons (Fsp3) is 0. The van der Waals surface area contributed by atoms with Gasteiger partial charge in [-0.1, -0.05) is 34.8 Å². The molecule has 1 aromatic carbocycles. The molecule has 0 aliphatic rings. The number of hydrogen-bond donors (Lipinski definition) is 1. The van der Waals surface area contributed by atoms with E-state index in [0.717, 1.165) is 6.08 Å². The molecular weight excluding hydrogens is 272 g/mol. The summed E-state index contributed by atoms with van der Waals surface area (Å²) in [6, 6.07) is 4.40. The maximum absolute atomic E-state index is 10.6. The largest absolute Gasteiger partial charge is 0.477 e. The minimum Gasteiger partial charge on any atom is -0.477 e. The first-order valence-corrected chi connectivity index (χ1v) is 5.08. The molecule has 0 radical (unpaired) electrons. The number of aliphatic carboxylic acids is 1. The number of benzene rings is 1. The predicted octanol–water partition coefficient (Wildman–Crippen LogP) is 3.64. The zero-order chi connectivity index (χ0) is 12.3. The van der Waals surface area contributed by atoms with Crippen molar-refractivity contribution in [2.45, 2.75) is 0 Å². The molecule has 1 aromatic rings. The Hall–Kier alpha value is -1.21. The summed E-state index contributed by atoms with van der Waals surface area (Å²) in [4.78, 5) is 10.6. The molecule has 1 N–H and O–H groups in total. The van der Waals surface area contributed by atoms with Crippen molar-refractivity contribution in [3.05, 3.63) is 38.3 Å². The maximum atomic E-state index is 10.6. The van der Waals surface area contributed by atoms with Gasteiger partial charge in [-0.15, -0.1) is 0 Å². The molecule has 3 nitrogen and oxygen atoms in total. The van der Waals surface area contributed by atoms with Crippen LogP contribution in [0, 0.1) is 11.3 Å². The third-order valence-electron chi connectivity index (χ3n) is 1.67. The predicted molar refractivity (Wildman–Crippen MR) is 62.7 cm³/mol. The quantitative estimate of drug-likeness (QED) is 0.509. The van der Waals surface area contributed by atoms with Crippen molar-refractivity contribution in [1.29, 1.82) is 5.26 Å². The van der Waals surface area contributed by atoms with E-state index in [-0.39, 0.29) is 15.1 Å². The average Bonchev–Trinajstić information content (AvgIpc) is 2.21. The fourth-order valence-corrected chi connectivity index (χ4v) is 1.58. The number of carbonyl (C=O) groups is 1. The zero-order valence-electron chi connectivity index (χ0n) is 7.67. The molecule has 0 saturated carbocycles. The topological polar surface area (TPSA) is 61.1 Å². The second-order valence-electron chi connectivity index (χ2n) is 2.77. The van der Waals surface area contributed by atoms with Crippen molar-refractivity contribution in [3.63, 3.8) is 0 Å². The summed E-state index contributed by atoms with van der Waals surface area (Å²) < 4.78 is 0. The average molecular weight is 277 g/mol. The normalized spacial score (nSPS) is 11.0. The maximum Gasteiger partial charge on any atom is 0.346 e. The second-order valence-corrected chi connectivity index (χ2v) is 3.97. The van der Waals surface area contributed by atoms with Crippen molar-refractivity contribution in [3.8, 4) is 6.07 Å². The van der Waals surface area contributed by atoms with Crippen molar-refractivity contribution < 1.29 is 9.90 Å². The highest BCUT2D eigenvalue weighted by atomic mass is 35.5. The molecule has 0 bridgehead atoms. The molecule has 1 rings (SSSR count). The number of halogens is 3. The van der Waals surface area contributed by atoms with E-state index in [9.17, 15) is 4.79 Å². The second kappa shape index (κ2) is 5.22. The van der Waals surface area contributed by atoms with Crippen LogP contribution in [0.3, 0.4) is 0 Å². The van der Waals surface area contributed by atoms with E-state index < -0.39 is 11.5 Å². The molecule has 6 heteroatoms. The molecular formula is C10H4Cl3NO2. The van der Waals surface area contributed by atoms with Crippen LogP contribution in [0.4, 0.5) is 0 Å². The Kier molecular flexibility index (Phi) is 4.19. The van der Waals surface area contributed by atoms with Crippen LogP contribution < -0.4 is 0 Å². The molecule has 0 heterocycles. The number of nitriles is 1. The van der Waals surface area contributed by atoms with Crippen LogP contribution in [0.1, 0.15) is 5.56 Å². The third kappa shape index (κ3) is 2.89. The summed E-state index contributed by atoms with van der Waals surface area (Å²) in [5.41, 5.74) is -0.00666. The van der Waals surface area contributed by atoms with Gasteiger partial charge in [0, 0.05) is 0 Å². The Morgan fingerprint density at radius 2 is 1.81 bits per heavy atom. The van der Waals surface area contributed by atoms with Gasteiger partial charge in [-0.25, -0.2) is 4.79 Å². The molecule has 82 valence electrons. The highest BCUT2D eigenvalue weighted by molar-refractivity contribution is 6.48. The van der Waals surface area contributed by atoms with Gasteiger partial charge < -0.3 is 5.11 Å². The van der Waals surface area contributed by atoms with E-state index in [2.05, 4.69) is 0 Å². The van der Waals surface area contributed by atoms with Crippen molar-refractivity contribution in [2.75, 3.05) is 0 Å². The van der Waals surface area contributed by atoms with E-state index in [1.54, 1.807) is 6.07 Å². The highest BCUT2D eigenvalue weighted by Gasteiger charge is 2.08. The van der Waals surface area contributed by atoms with Gasteiger partial charge in [0.15, 0.2) is 0 Å². The first-order valence-electron chi connectivity index (χ1n) is 3.95. The Labute approximate surface area is 106 Å². The minimum atomic E-state index is -1.32. The summed E-state index contributed by atoms with van der Waals surface area (Å²) in [6.45, 7) is 0. The summed E-state index contributed by atoms with van der Waals surface area (Å²) >= 11 is 17.2. The van der Waals surface area contributed by atoms with Gasteiger partial charge in [-0.2, -0.15) is 5.26 Å². The lowest BCUT2D eigenvalue weighted by Gasteiger charge is -2.01. The molecule has 0 fully saturated rings. The molecule has 0 amide bonds. The minimum absolute atomic E-state index is 0.189. The molecule has 0 aliphatic carbocycles. The Balaban J connectivity index is 3.27. The Morgan fingerprint density at radius 1 is 1.31 bits per heavy atom. The number of carboxylic acid groups (broad SMARTS) is 1. The van der Waals surface area contributed by atoms with E-state index in [1.807, 2.05) is 0 Å². The standard InChI is InChI=1S/C10H4Cl3NO2/c11-7-2-5(3-8(12)9(7)13)1-6(4-14)10(15)16/h1-3H,(H,15,16). The van der Waals surface area contributed by atoms with Crippen LogP contribution in [-0.2, 0) is 4.79 Å². The Bertz CT molecular complexity index is 494. The summed E-state index contributed by atoms with van der Waals surface area (Å²) in [5.74, 6) is -1.32. The van der Waals surface area contributed by atoms with Gasteiger partial charge in [0.05, 0.1) is 15.1 Å². The lowest BCUT2D eigenvalue weighted by atomic mass is 10.1. The van der Waals surface area contributed by atoms with Crippen LogP contribution in [0.5, 0.6) is 0 Å². The molecule has 0 aliphatic heterocycles. The molecule has 0 saturated heterocycles. The van der Waals surface area contributed by atoms with Crippen molar-refractivity contribution in [1.82, 2.24) is 0 Å². The van der Waals surface area contributed by atoms with Crippen molar-refractivity contribution in [2.24, 2.45) is 0 Å². The van der Waals surface area contributed by atoms with E-state index in [4.69, 9.17) is 45.2 Å². The SMILES string of the molecule is N#CC(=Cc1cc(Cl)c(Cl)c(Cl)c1)C(=O)O. The fourth-order valence-electron chi connectivity index (χ4n) is 0.967. The van der Waals surface area contributed by atoms with Crippen LogP contribution >= 0.6 is 34.8 Å². The molecule has 16 heavy (non-hydrogen) atoms. The first-order chi connectivity index (χ1) is 7.45. The third-order valence-corrected chi connectivity index (χ3v) is 2.86. The Morgan fingerprint density at radius 3 is 2.19 bits per heavy atom. The molecule has 0 atom stereocenters. The van der Waals surface area contributed by atoms with Gasteiger partial charge in [0.25, 0.3) is 0 Å².